The molecule has 0 bridgehead atoms. The maximum absolute atomic E-state index is 9.18. The SMILES string of the molecule is Cc1cccc(NC(C)c2ccccn2)c1C#N. The van der Waals surface area contributed by atoms with Gasteiger partial charge in [0.25, 0.3) is 0 Å². The highest BCUT2D eigenvalue weighted by molar-refractivity contribution is 5.61. The van der Waals surface area contributed by atoms with Gasteiger partial charge in [-0.2, -0.15) is 5.26 Å². The van der Waals surface area contributed by atoms with Crippen molar-refractivity contribution in [1.29, 1.82) is 5.26 Å². The molecule has 0 saturated heterocycles. The average molecular weight is 237 g/mol. The standard InChI is InChI=1S/C15H15N3/c1-11-6-5-8-15(13(11)10-16)18-12(2)14-7-3-4-9-17-14/h3-9,12,18H,1-2H3. The summed E-state index contributed by atoms with van der Waals surface area (Å²) in [5.41, 5.74) is 3.49. The molecule has 1 unspecified atom stereocenters. The summed E-state index contributed by atoms with van der Waals surface area (Å²) in [6, 6.07) is 13.9. The normalized spacial score (nSPS) is 11.6. The Kier molecular flexibility index (Phi) is 3.59. The fourth-order valence-electron chi connectivity index (χ4n) is 1.88. The van der Waals surface area contributed by atoms with Crippen LogP contribution in [0.4, 0.5) is 5.69 Å². The predicted molar refractivity (Wildman–Crippen MR) is 72.2 cm³/mol. The molecule has 18 heavy (non-hydrogen) atoms. The number of aryl methyl sites for hydroxylation is 1. The number of aromatic nitrogens is 1. The van der Waals surface area contributed by atoms with Crippen LogP contribution in [-0.2, 0) is 0 Å². The van der Waals surface area contributed by atoms with Gasteiger partial charge in [-0.05, 0) is 37.6 Å². The number of pyridine rings is 1. The fourth-order valence-corrected chi connectivity index (χ4v) is 1.88. The van der Waals surface area contributed by atoms with Crippen LogP contribution >= 0.6 is 0 Å². The number of hydrogen-bond donors (Lipinski definition) is 1. The highest BCUT2D eigenvalue weighted by Gasteiger charge is 2.10. The summed E-state index contributed by atoms with van der Waals surface area (Å²) in [4.78, 5) is 4.31. The van der Waals surface area contributed by atoms with Gasteiger partial charge in [0.1, 0.15) is 6.07 Å². The van der Waals surface area contributed by atoms with Crippen LogP contribution in [0.2, 0.25) is 0 Å². The second kappa shape index (κ2) is 5.33. The summed E-state index contributed by atoms with van der Waals surface area (Å²) < 4.78 is 0. The first-order valence-electron chi connectivity index (χ1n) is 5.89. The molecule has 3 heteroatoms. The van der Waals surface area contributed by atoms with Crippen LogP contribution in [0.1, 0.15) is 29.8 Å². The van der Waals surface area contributed by atoms with Gasteiger partial charge in [0.05, 0.1) is 23.0 Å². The van der Waals surface area contributed by atoms with Crippen molar-refractivity contribution < 1.29 is 0 Å². The Morgan fingerprint density at radius 2 is 2.06 bits per heavy atom. The smallest absolute Gasteiger partial charge is 0.102 e. The summed E-state index contributed by atoms with van der Waals surface area (Å²) in [5, 5.41) is 12.5. The van der Waals surface area contributed by atoms with Crippen molar-refractivity contribution in [2.75, 3.05) is 5.32 Å². The monoisotopic (exact) mass is 237 g/mol. The van der Waals surface area contributed by atoms with Crippen LogP contribution in [0.5, 0.6) is 0 Å². The minimum absolute atomic E-state index is 0.0695. The van der Waals surface area contributed by atoms with Gasteiger partial charge in [0, 0.05) is 6.20 Å². The van der Waals surface area contributed by atoms with Crippen molar-refractivity contribution in [2.45, 2.75) is 19.9 Å². The van der Waals surface area contributed by atoms with E-state index < -0.39 is 0 Å². The molecule has 0 fully saturated rings. The van der Waals surface area contributed by atoms with Gasteiger partial charge in [-0.3, -0.25) is 4.98 Å². The van der Waals surface area contributed by atoms with E-state index >= 15 is 0 Å². The number of anilines is 1. The summed E-state index contributed by atoms with van der Waals surface area (Å²) in [5.74, 6) is 0. The molecule has 2 aromatic rings. The van der Waals surface area contributed by atoms with E-state index in [1.54, 1.807) is 6.20 Å². The quantitative estimate of drug-likeness (QED) is 0.889. The zero-order chi connectivity index (χ0) is 13.0. The van der Waals surface area contributed by atoms with E-state index in [0.29, 0.717) is 5.56 Å². The van der Waals surface area contributed by atoms with Crippen molar-refractivity contribution in [1.82, 2.24) is 4.98 Å². The molecule has 90 valence electrons. The van der Waals surface area contributed by atoms with Crippen LogP contribution < -0.4 is 5.32 Å². The van der Waals surface area contributed by atoms with E-state index in [0.717, 1.165) is 16.9 Å². The molecular weight excluding hydrogens is 222 g/mol. The van der Waals surface area contributed by atoms with Gasteiger partial charge in [0.2, 0.25) is 0 Å². The van der Waals surface area contributed by atoms with E-state index in [9.17, 15) is 5.26 Å². The lowest BCUT2D eigenvalue weighted by molar-refractivity contribution is 0.838. The molecule has 0 spiro atoms. The molecule has 1 aromatic heterocycles. The molecule has 1 atom stereocenters. The van der Waals surface area contributed by atoms with Gasteiger partial charge >= 0.3 is 0 Å². The molecular formula is C15H15N3. The van der Waals surface area contributed by atoms with Crippen LogP contribution in [0.25, 0.3) is 0 Å². The summed E-state index contributed by atoms with van der Waals surface area (Å²) in [7, 11) is 0. The number of nitrogens with zero attached hydrogens (tertiary/aromatic N) is 2. The summed E-state index contributed by atoms with van der Waals surface area (Å²) in [6.07, 6.45) is 1.77. The topological polar surface area (TPSA) is 48.7 Å². The van der Waals surface area contributed by atoms with E-state index in [-0.39, 0.29) is 6.04 Å². The van der Waals surface area contributed by atoms with E-state index in [4.69, 9.17) is 0 Å². The zero-order valence-corrected chi connectivity index (χ0v) is 10.5. The highest BCUT2D eigenvalue weighted by atomic mass is 14.9. The molecule has 2 rings (SSSR count). The van der Waals surface area contributed by atoms with Gasteiger partial charge in [0.15, 0.2) is 0 Å². The minimum atomic E-state index is 0.0695. The van der Waals surface area contributed by atoms with Crippen LogP contribution in [0.3, 0.4) is 0 Å². The van der Waals surface area contributed by atoms with Crippen LogP contribution in [-0.4, -0.2) is 4.98 Å². The predicted octanol–water partition coefficient (Wildman–Crippen LogP) is 3.43. The summed E-state index contributed by atoms with van der Waals surface area (Å²) >= 11 is 0. The maximum Gasteiger partial charge on any atom is 0.102 e. The number of benzene rings is 1. The number of rotatable bonds is 3. The Balaban J connectivity index is 2.25. The molecule has 0 saturated carbocycles. The molecule has 0 aliphatic rings. The van der Waals surface area contributed by atoms with Crippen LogP contribution in [0, 0.1) is 18.3 Å². The lowest BCUT2D eigenvalue weighted by Gasteiger charge is -2.16. The first-order valence-corrected chi connectivity index (χ1v) is 5.89. The molecule has 1 aromatic carbocycles. The van der Waals surface area contributed by atoms with Gasteiger partial charge in [-0.1, -0.05) is 18.2 Å². The van der Waals surface area contributed by atoms with E-state index in [1.807, 2.05) is 50.2 Å². The van der Waals surface area contributed by atoms with Crippen molar-refractivity contribution >= 4 is 5.69 Å². The second-order valence-electron chi connectivity index (χ2n) is 4.23. The minimum Gasteiger partial charge on any atom is -0.376 e. The largest absolute Gasteiger partial charge is 0.376 e. The van der Waals surface area contributed by atoms with Crippen molar-refractivity contribution in [3.05, 3.63) is 59.4 Å². The highest BCUT2D eigenvalue weighted by Crippen LogP contribution is 2.23. The molecule has 0 radical (unpaired) electrons. The Labute approximate surface area is 107 Å². The van der Waals surface area contributed by atoms with Crippen molar-refractivity contribution in [3.8, 4) is 6.07 Å². The van der Waals surface area contributed by atoms with Crippen molar-refractivity contribution in [3.63, 3.8) is 0 Å². The molecule has 1 N–H and O–H groups in total. The summed E-state index contributed by atoms with van der Waals surface area (Å²) in [6.45, 7) is 3.97. The van der Waals surface area contributed by atoms with E-state index in [1.165, 1.54) is 0 Å². The Morgan fingerprint density at radius 3 is 2.72 bits per heavy atom. The van der Waals surface area contributed by atoms with Gasteiger partial charge in [-0.25, -0.2) is 0 Å². The fraction of sp³-hybridized carbons (Fsp3) is 0.200. The second-order valence-corrected chi connectivity index (χ2v) is 4.23. The third-order valence-electron chi connectivity index (χ3n) is 2.89. The maximum atomic E-state index is 9.18. The first-order chi connectivity index (χ1) is 8.72. The lowest BCUT2D eigenvalue weighted by atomic mass is 10.1. The van der Waals surface area contributed by atoms with Gasteiger partial charge < -0.3 is 5.32 Å². The zero-order valence-electron chi connectivity index (χ0n) is 10.5. The average Bonchev–Trinajstić information content (AvgIpc) is 2.40. The molecule has 3 nitrogen and oxygen atoms in total. The van der Waals surface area contributed by atoms with Gasteiger partial charge in [-0.15, -0.1) is 0 Å². The number of nitriles is 1. The molecule has 0 aliphatic carbocycles. The van der Waals surface area contributed by atoms with E-state index in [2.05, 4.69) is 16.4 Å². The Morgan fingerprint density at radius 1 is 1.22 bits per heavy atom. The number of nitrogens with one attached hydrogen (secondary N) is 1. The Bertz CT molecular complexity index is 570. The third kappa shape index (κ3) is 2.49. The van der Waals surface area contributed by atoms with Crippen molar-refractivity contribution in [2.24, 2.45) is 0 Å². The first kappa shape index (κ1) is 12.1. The third-order valence-corrected chi connectivity index (χ3v) is 2.89. The number of hydrogen-bond acceptors (Lipinski definition) is 3. The molecule has 1 heterocycles. The lowest BCUT2D eigenvalue weighted by Crippen LogP contribution is -2.09. The molecule has 0 amide bonds. The Hall–Kier alpha value is -2.34. The molecule has 0 aliphatic heterocycles. The van der Waals surface area contributed by atoms with Crippen LogP contribution in [0.15, 0.2) is 42.6 Å².